The molecule has 2 fully saturated rings. The van der Waals surface area contributed by atoms with Crippen molar-refractivity contribution in [3.8, 4) is 0 Å². The van der Waals surface area contributed by atoms with E-state index < -0.39 is 0 Å². The Kier molecular flexibility index (Phi) is 6.69. The number of hydrogen-bond donors (Lipinski definition) is 1. The van der Waals surface area contributed by atoms with E-state index in [-0.39, 0.29) is 18.1 Å². The summed E-state index contributed by atoms with van der Waals surface area (Å²) in [5, 5.41) is 3.15. The first-order valence-corrected chi connectivity index (χ1v) is 9.62. The van der Waals surface area contributed by atoms with Gasteiger partial charge in [-0.05, 0) is 45.2 Å². The molecule has 0 unspecified atom stereocenters. The number of nitrogens with one attached hydrogen (secondary N) is 1. The number of amides is 1. The van der Waals surface area contributed by atoms with Crippen LogP contribution in [-0.4, -0.2) is 51.0 Å². The van der Waals surface area contributed by atoms with E-state index in [9.17, 15) is 4.79 Å². The fraction of sp³-hybridized carbons (Fsp3) is 0.571. The Labute approximate surface area is 156 Å². The van der Waals surface area contributed by atoms with Crippen LogP contribution in [0.15, 0.2) is 35.9 Å². The molecule has 0 aliphatic carbocycles. The van der Waals surface area contributed by atoms with Crippen LogP contribution in [0.3, 0.4) is 0 Å². The first-order chi connectivity index (χ1) is 12.6. The van der Waals surface area contributed by atoms with Crippen LogP contribution in [-0.2, 0) is 9.47 Å². The van der Waals surface area contributed by atoms with Gasteiger partial charge in [-0.25, -0.2) is 0 Å². The lowest BCUT2D eigenvalue weighted by molar-refractivity contribution is -0.0457. The molecule has 1 amide bonds. The summed E-state index contributed by atoms with van der Waals surface area (Å²) in [6.07, 6.45) is 5.23. The Balaban J connectivity index is 1.67. The average Bonchev–Trinajstić information content (AvgIpc) is 3.17. The molecule has 2 aliphatic rings. The van der Waals surface area contributed by atoms with Gasteiger partial charge >= 0.3 is 0 Å². The Morgan fingerprint density at radius 1 is 1.31 bits per heavy atom. The number of anilines is 1. The number of carbonyl (C=O) groups excluding carboxylic acids is 1. The maximum atomic E-state index is 13.0. The molecule has 142 valence electrons. The van der Waals surface area contributed by atoms with Crippen LogP contribution in [0, 0.1) is 0 Å². The average molecular weight is 358 g/mol. The van der Waals surface area contributed by atoms with E-state index >= 15 is 0 Å². The summed E-state index contributed by atoms with van der Waals surface area (Å²) in [7, 11) is 0. The van der Waals surface area contributed by atoms with Gasteiger partial charge in [0.25, 0.3) is 5.91 Å². The highest BCUT2D eigenvalue weighted by Gasteiger charge is 2.29. The third kappa shape index (κ3) is 4.86. The Bertz CT molecular complexity index is 634. The van der Waals surface area contributed by atoms with Crippen molar-refractivity contribution in [2.24, 2.45) is 0 Å². The van der Waals surface area contributed by atoms with Crippen molar-refractivity contribution in [3.63, 3.8) is 0 Å². The third-order valence-electron chi connectivity index (χ3n) is 5.01. The minimum atomic E-state index is -0.117. The first kappa shape index (κ1) is 18.9. The summed E-state index contributed by atoms with van der Waals surface area (Å²) < 4.78 is 11.6. The second kappa shape index (κ2) is 9.19. The largest absolute Gasteiger partial charge is 0.379 e. The molecule has 0 bridgehead atoms. The molecule has 0 aromatic heterocycles. The summed E-state index contributed by atoms with van der Waals surface area (Å²) in [4.78, 5) is 15.3. The number of hydrogen-bond acceptors (Lipinski definition) is 4. The molecule has 26 heavy (non-hydrogen) atoms. The zero-order valence-corrected chi connectivity index (χ0v) is 15.9. The second-order valence-electron chi connectivity index (χ2n) is 7.31. The highest BCUT2D eigenvalue weighted by Crippen LogP contribution is 2.25. The van der Waals surface area contributed by atoms with E-state index in [0.29, 0.717) is 19.8 Å². The lowest BCUT2D eigenvalue weighted by Crippen LogP contribution is -2.50. The van der Waals surface area contributed by atoms with Crippen LogP contribution < -0.4 is 10.2 Å². The lowest BCUT2D eigenvalue weighted by atomic mass is 10.0. The van der Waals surface area contributed by atoms with Crippen molar-refractivity contribution in [2.75, 3.05) is 37.8 Å². The molecular formula is C21H30N2O3. The van der Waals surface area contributed by atoms with E-state index in [1.807, 2.05) is 24.3 Å². The normalized spacial score (nSPS) is 22.9. The molecule has 1 aromatic carbocycles. The minimum absolute atomic E-state index is 0.0118. The van der Waals surface area contributed by atoms with Gasteiger partial charge in [-0.1, -0.05) is 23.8 Å². The SMILES string of the molecule is CC(C)=CCO[C@@H]1CCOC[C@@H]1NC(=O)c1ccccc1N1CCCC1. The molecule has 1 aromatic rings. The molecule has 5 heteroatoms. The van der Waals surface area contributed by atoms with Crippen molar-refractivity contribution in [1.82, 2.24) is 5.32 Å². The molecule has 1 N–H and O–H groups in total. The minimum Gasteiger partial charge on any atom is -0.379 e. The topological polar surface area (TPSA) is 50.8 Å². The predicted molar refractivity (Wildman–Crippen MR) is 104 cm³/mol. The van der Waals surface area contributed by atoms with E-state index in [1.54, 1.807) is 0 Å². The highest BCUT2D eigenvalue weighted by atomic mass is 16.5. The molecule has 2 atom stereocenters. The summed E-state index contributed by atoms with van der Waals surface area (Å²) in [6.45, 7) is 7.90. The first-order valence-electron chi connectivity index (χ1n) is 9.62. The Morgan fingerprint density at radius 3 is 2.85 bits per heavy atom. The second-order valence-corrected chi connectivity index (χ2v) is 7.31. The number of nitrogens with zero attached hydrogens (tertiary/aromatic N) is 1. The third-order valence-corrected chi connectivity index (χ3v) is 5.01. The number of allylic oxidation sites excluding steroid dienone is 1. The smallest absolute Gasteiger partial charge is 0.253 e. The van der Waals surface area contributed by atoms with Crippen LogP contribution in [0.5, 0.6) is 0 Å². The van der Waals surface area contributed by atoms with Gasteiger partial charge in [0.1, 0.15) is 0 Å². The standard InChI is InChI=1S/C21H30N2O3/c1-16(2)9-14-26-20-10-13-25-15-18(20)22-21(24)17-7-3-4-8-19(17)23-11-5-6-12-23/h3-4,7-9,18,20H,5-6,10-15H2,1-2H3,(H,22,24)/t18-,20+/m0/s1. The van der Waals surface area contributed by atoms with E-state index in [2.05, 4.69) is 30.1 Å². The molecule has 2 saturated heterocycles. The highest BCUT2D eigenvalue weighted by molar-refractivity contribution is 6.00. The van der Waals surface area contributed by atoms with Crippen LogP contribution in [0.1, 0.15) is 43.5 Å². The van der Waals surface area contributed by atoms with Gasteiger partial charge in [0, 0.05) is 25.4 Å². The van der Waals surface area contributed by atoms with Crippen molar-refractivity contribution in [2.45, 2.75) is 45.3 Å². The van der Waals surface area contributed by atoms with E-state index in [4.69, 9.17) is 9.47 Å². The van der Waals surface area contributed by atoms with Crippen LogP contribution in [0.25, 0.3) is 0 Å². The van der Waals surface area contributed by atoms with E-state index in [1.165, 1.54) is 18.4 Å². The number of benzene rings is 1. The Hall–Kier alpha value is -1.85. The molecular weight excluding hydrogens is 328 g/mol. The molecule has 5 nitrogen and oxygen atoms in total. The maximum Gasteiger partial charge on any atom is 0.253 e. The zero-order valence-electron chi connectivity index (χ0n) is 15.9. The quantitative estimate of drug-likeness (QED) is 0.794. The molecule has 2 aliphatic heterocycles. The molecule has 0 saturated carbocycles. The summed E-state index contributed by atoms with van der Waals surface area (Å²) >= 11 is 0. The van der Waals surface area contributed by atoms with Crippen molar-refractivity contribution in [1.29, 1.82) is 0 Å². The monoisotopic (exact) mass is 358 g/mol. The van der Waals surface area contributed by atoms with Crippen molar-refractivity contribution < 1.29 is 14.3 Å². The molecule has 2 heterocycles. The number of rotatable bonds is 6. The Morgan fingerprint density at radius 2 is 2.08 bits per heavy atom. The van der Waals surface area contributed by atoms with Gasteiger partial charge in [0.2, 0.25) is 0 Å². The number of ether oxygens (including phenoxy) is 2. The fourth-order valence-corrected chi connectivity index (χ4v) is 3.54. The number of para-hydroxylation sites is 1. The van der Waals surface area contributed by atoms with Crippen LogP contribution in [0.2, 0.25) is 0 Å². The van der Waals surface area contributed by atoms with Crippen molar-refractivity contribution in [3.05, 3.63) is 41.5 Å². The van der Waals surface area contributed by atoms with Gasteiger partial charge in [-0.15, -0.1) is 0 Å². The van der Waals surface area contributed by atoms with Gasteiger partial charge in [0.15, 0.2) is 0 Å². The summed E-state index contributed by atoms with van der Waals surface area (Å²) in [5.41, 5.74) is 3.00. The molecule has 0 radical (unpaired) electrons. The van der Waals surface area contributed by atoms with Crippen molar-refractivity contribution >= 4 is 11.6 Å². The fourth-order valence-electron chi connectivity index (χ4n) is 3.54. The van der Waals surface area contributed by atoms with Gasteiger partial charge in [-0.2, -0.15) is 0 Å². The zero-order chi connectivity index (χ0) is 18.4. The molecule has 3 rings (SSSR count). The van der Waals surface area contributed by atoms with Crippen LogP contribution >= 0.6 is 0 Å². The van der Waals surface area contributed by atoms with Crippen LogP contribution in [0.4, 0.5) is 5.69 Å². The van der Waals surface area contributed by atoms with Gasteiger partial charge in [0.05, 0.1) is 30.9 Å². The summed E-state index contributed by atoms with van der Waals surface area (Å²) in [5.74, 6) is -0.0428. The maximum absolute atomic E-state index is 13.0. The number of carbonyl (C=O) groups is 1. The molecule has 0 spiro atoms. The van der Waals surface area contributed by atoms with E-state index in [0.717, 1.165) is 30.8 Å². The summed E-state index contributed by atoms with van der Waals surface area (Å²) in [6, 6.07) is 7.76. The van der Waals surface area contributed by atoms with Gasteiger partial charge in [-0.3, -0.25) is 4.79 Å². The predicted octanol–water partition coefficient (Wildman–Crippen LogP) is 3.16. The van der Waals surface area contributed by atoms with Gasteiger partial charge < -0.3 is 19.7 Å². The lowest BCUT2D eigenvalue weighted by Gasteiger charge is -2.32.